The summed E-state index contributed by atoms with van der Waals surface area (Å²) < 4.78 is 18.3. The number of hydrogen-bond donors (Lipinski definition) is 3. The Balaban J connectivity index is 1.75. The highest BCUT2D eigenvalue weighted by atomic mass is 19.1. The molecule has 5 nitrogen and oxygen atoms in total. The number of nitrogens with one attached hydrogen (secondary N) is 2. The molecule has 0 radical (unpaired) electrons. The van der Waals surface area contributed by atoms with E-state index >= 15 is 0 Å². The summed E-state index contributed by atoms with van der Waals surface area (Å²) in [6.45, 7) is 2.64. The molecule has 128 valence electrons. The molecule has 3 N–H and O–H groups in total. The predicted molar refractivity (Wildman–Crippen MR) is 90.8 cm³/mol. The molecule has 1 amide bonds. The molecule has 0 fully saturated rings. The second kappa shape index (κ2) is 8.88. The van der Waals surface area contributed by atoms with E-state index in [2.05, 4.69) is 10.6 Å². The number of carbonyl (C=O) groups is 1. The minimum Gasteiger partial charge on any atom is -0.492 e. The van der Waals surface area contributed by atoms with Gasteiger partial charge in [0.25, 0.3) is 5.91 Å². The van der Waals surface area contributed by atoms with Gasteiger partial charge in [0.15, 0.2) is 0 Å². The molecule has 0 aliphatic heterocycles. The van der Waals surface area contributed by atoms with Crippen LogP contribution in [0.4, 0.5) is 10.1 Å². The molecule has 0 aromatic heterocycles. The largest absolute Gasteiger partial charge is 0.492 e. The molecule has 24 heavy (non-hydrogen) atoms. The molecular weight excluding hydrogens is 311 g/mol. The number of aliphatic hydroxyl groups is 1. The van der Waals surface area contributed by atoms with E-state index in [9.17, 15) is 9.18 Å². The average Bonchev–Trinajstić information content (AvgIpc) is 2.60. The molecule has 6 heteroatoms. The summed E-state index contributed by atoms with van der Waals surface area (Å²) in [5, 5.41) is 14.8. The lowest BCUT2D eigenvalue weighted by Crippen LogP contribution is -2.34. The first-order chi connectivity index (χ1) is 11.6. The fourth-order valence-corrected chi connectivity index (χ4v) is 1.99. The highest BCUT2D eigenvalue weighted by Crippen LogP contribution is 2.12. The smallest absolute Gasteiger partial charge is 0.251 e. The molecule has 0 spiro atoms. The van der Waals surface area contributed by atoms with Gasteiger partial charge in [-0.1, -0.05) is 0 Å². The Morgan fingerprint density at radius 1 is 1.17 bits per heavy atom. The molecule has 1 atom stereocenters. The zero-order chi connectivity index (χ0) is 17.4. The van der Waals surface area contributed by atoms with Gasteiger partial charge < -0.3 is 20.5 Å². The summed E-state index contributed by atoms with van der Waals surface area (Å²) in [6.07, 6.45) is 0. The molecular formula is C18H21FN2O3. The molecule has 2 rings (SSSR count). The Kier molecular flexibility index (Phi) is 6.57. The van der Waals surface area contributed by atoms with Gasteiger partial charge in [-0.05, 0) is 55.5 Å². The molecule has 0 aliphatic rings. The summed E-state index contributed by atoms with van der Waals surface area (Å²) >= 11 is 0. The minimum absolute atomic E-state index is 0.0978. The van der Waals surface area contributed by atoms with Crippen LogP contribution in [0.25, 0.3) is 0 Å². The van der Waals surface area contributed by atoms with Crippen LogP contribution in [0.3, 0.4) is 0 Å². The molecule has 0 bridgehead atoms. The van der Waals surface area contributed by atoms with E-state index in [0.717, 1.165) is 5.69 Å². The van der Waals surface area contributed by atoms with Crippen molar-refractivity contribution in [2.75, 3.05) is 25.1 Å². The van der Waals surface area contributed by atoms with Crippen molar-refractivity contribution in [1.29, 1.82) is 0 Å². The van der Waals surface area contributed by atoms with Gasteiger partial charge in [0, 0.05) is 23.8 Å². The minimum atomic E-state index is -0.294. The Morgan fingerprint density at radius 3 is 2.46 bits per heavy atom. The van der Waals surface area contributed by atoms with Crippen molar-refractivity contribution in [3.63, 3.8) is 0 Å². The summed E-state index contributed by atoms with van der Waals surface area (Å²) in [6, 6.07) is 12.6. The van der Waals surface area contributed by atoms with Crippen LogP contribution >= 0.6 is 0 Å². The molecule has 0 aliphatic carbocycles. The zero-order valence-electron chi connectivity index (χ0n) is 13.5. The number of aliphatic hydroxyl groups excluding tert-OH is 1. The van der Waals surface area contributed by atoms with Crippen molar-refractivity contribution in [3.05, 3.63) is 59.9 Å². The summed E-state index contributed by atoms with van der Waals surface area (Å²) in [4.78, 5) is 11.9. The second-order valence-electron chi connectivity index (χ2n) is 5.36. The van der Waals surface area contributed by atoms with Crippen LogP contribution in [0.15, 0.2) is 48.5 Å². The molecule has 0 heterocycles. The van der Waals surface area contributed by atoms with Gasteiger partial charge in [-0.15, -0.1) is 0 Å². The third-order valence-corrected chi connectivity index (χ3v) is 3.31. The first-order valence-electron chi connectivity index (χ1n) is 7.72. The second-order valence-corrected chi connectivity index (χ2v) is 5.36. The van der Waals surface area contributed by atoms with Gasteiger partial charge in [-0.2, -0.15) is 0 Å². The molecule has 2 aromatic carbocycles. The highest BCUT2D eigenvalue weighted by Gasteiger charge is 2.08. The lowest BCUT2D eigenvalue weighted by Gasteiger charge is -2.12. The number of halogens is 1. The van der Waals surface area contributed by atoms with E-state index < -0.39 is 0 Å². The third-order valence-electron chi connectivity index (χ3n) is 3.31. The van der Waals surface area contributed by atoms with Crippen LogP contribution in [-0.4, -0.2) is 36.8 Å². The number of anilines is 1. The lowest BCUT2D eigenvalue weighted by molar-refractivity contribution is 0.0922. The SMILES string of the molecule is CC(CO)NC(=O)c1ccc(NCCOc2ccc(F)cc2)cc1. The van der Waals surface area contributed by atoms with Gasteiger partial charge in [0.2, 0.25) is 0 Å². The Labute approximate surface area is 140 Å². The maximum atomic E-state index is 12.8. The van der Waals surface area contributed by atoms with Gasteiger partial charge in [-0.3, -0.25) is 4.79 Å². The predicted octanol–water partition coefficient (Wildman–Crippen LogP) is 2.43. The van der Waals surface area contributed by atoms with Crippen molar-refractivity contribution in [2.45, 2.75) is 13.0 Å². The molecule has 0 saturated heterocycles. The van der Waals surface area contributed by atoms with E-state index in [-0.39, 0.29) is 24.4 Å². The number of hydrogen-bond acceptors (Lipinski definition) is 4. The first kappa shape index (κ1) is 17.7. The molecule has 0 saturated carbocycles. The third kappa shape index (κ3) is 5.55. The Morgan fingerprint density at radius 2 is 1.83 bits per heavy atom. The van der Waals surface area contributed by atoms with Gasteiger partial charge in [0.1, 0.15) is 18.2 Å². The van der Waals surface area contributed by atoms with Gasteiger partial charge in [-0.25, -0.2) is 4.39 Å². The zero-order valence-corrected chi connectivity index (χ0v) is 13.5. The lowest BCUT2D eigenvalue weighted by atomic mass is 10.2. The van der Waals surface area contributed by atoms with E-state index in [4.69, 9.17) is 9.84 Å². The normalized spacial score (nSPS) is 11.6. The van der Waals surface area contributed by atoms with Gasteiger partial charge >= 0.3 is 0 Å². The van der Waals surface area contributed by atoms with E-state index in [0.29, 0.717) is 24.5 Å². The van der Waals surface area contributed by atoms with E-state index in [1.807, 2.05) is 0 Å². The average molecular weight is 332 g/mol. The van der Waals surface area contributed by atoms with Gasteiger partial charge in [0.05, 0.1) is 6.61 Å². The van der Waals surface area contributed by atoms with Crippen molar-refractivity contribution in [3.8, 4) is 5.75 Å². The maximum absolute atomic E-state index is 12.8. The first-order valence-corrected chi connectivity index (χ1v) is 7.72. The van der Waals surface area contributed by atoms with Crippen molar-refractivity contribution >= 4 is 11.6 Å². The Hall–Kier alpha value is -2.60. The number of benzene rings is 2. The summed E-state index contributed by atoms with van der Waals surface area (Å²) in [5.74, 6) is 0.101. The number of carbonyl (C=O) groups excluding carboxylic acids is 1. The van der Waals surface area contributed by atoms with Crippen molar-refractivity contribution in [1.82, 2.24) is 5.32 Å². The van der Waals surface area contributed by atoms with Crippen molar-refractivity contribution in [2.24, 2.45) is 0 Å². The van der Waals surface area contributed by atoms with Crippen molar-refractivity contribution < 1.29 is 19.0 Å². The van der Waals surface area contributed by atoms with Crippen LogP contribution < -0.4 is 15.4 Å². The summed E-state index contributed by atoms with van der Waals surface area (Å²) in [7, 11) is 0. The fourth-order valence-electron chi connectivity index (χ4n) is 1.99. The molecule has 1 unspecified atom stereocenters. The van der Waals surface area contributed by atoms with Crippen LogP contribution in [0.5, 0.6) is 5.75 Å². The standard InChI is InChI=1S/C18H21FN2O3/c1-13(12-22)21-18(23)14-2-6-16(7-3-14)20-10-11-24-17-8-4-15(19)5-9-17/h2-9,13,20,22H,10-12H2,1H3,(H,21,23). The van der Waals surface area contributed by atoms with Crippen LogP contribution in [0.2, 0.25) is 0 Å². The fraction of sp³-hybridized carbons (Fsp3) is 0.278. The quantitative estimate of drug-likeness (QED) is 0.649. The van der Waals surface area contributed by atoms with E-state index in [1.54, 1.807) is 43.3 Å². The maximum Gasteiger partial charge on any atom is 0.251 e. The number of rotatable bonds is 8. The number of ether oxygens (including phenoxy) is 1. The van der Waals surface area contributed by atoms with Crippen LogP contribution in [0.1, 0.15) is 17.3 Å². The summed E-state index contributed by atoms with van der Waals surface area (Å²) in [5.41, 5.74) is 1.40. The van der Waals surface area contributed by atoms with Crippen LogP contribution in [-0.2, 0) is 0 Å². The topological polar surface area (TPSA) is 70.6 Å². The van der Waals surface area contributed by atoms with E-state index in [1.165, 1.54) is 12.1 Å². The Bertz CT molecular complexity index is 644. The monoisotopic (exact) mass is 332 g/mol. The van der Waals surface area contributed by atoms with Crippen LogP contribution in [0, 0.1) is 5.82 Å². The number of amides is 1. The highest BCUT2D eigenvalue weighted by molar-refractivity contribution is 5.94. The molecule has 2 aromatic rings.